The summed E-state index contributed by atoms with van der Waals surface area (Å²) in [5.74, 6) is 0.713. The maximum Gasteiger partial charge on any atom is 0.427 e. The first-order valence-corrected chi connectivity index (χ1v) is 9.87. The SMILES string of the molecule is O=NC(N1CCCC(C2NC=C(C3=CNC(c4ccccc4)=NC3)N2)C1)C(F)(F)F. The predicted octanol–water partition coefficient (Wildman–Crippen LogP) is 2.65. The van der Waals surface area contributed by atoms with Crippen LogP contribution in [0.25, 0.3) is 0 Å². The van der Waals surface area contributed by atoms with Crippen LogP contribution in [0.5, 0.6) is 0 Å². The van der Waals surface area contributed by atoms with Crippen molar-refractivity contribution in [3.8, 4) is 0 Å². The van der Waals surface area contributed by atoms with Crippen LogP contribution in [0.4, 0.5) is 13.2 Å². The van der Waals surface area contributed by atoms with E-state index in [9.17, 15) is 18.1 Å². The number of nitrogens with one attached hydrogen (secondary N) is 3. The molecule has 0 bridgehead atoms. The van der Waals surface area contributed by atoms with Crippen LogP contribution in [0.3, 0.4) is 0 Å². The molecule has 0 saturated carbocycles. The minimum absolute atomic E-state index is 0.0837. The average molecular weight is 420 g/mol. The third-order valence-electron chi connectivity index (χ3n) is 5.60. The Balaban J connectivity index is 1.34. The molecule has 1 aromatic carbocycles. The number of piperidine rings is 1. The lowest BCUT2D eigenvalue weighted by Crippen LogP contribution is -2.53. The number of alkyl halides is 3. The molecule has 7 nitrogen and oxygen atoms in total. The van der Waals surface area contributed by atoms with Crippen molar-refractivity contribution in [1.29, 1.82) is 0 Å². The molecule has 3 aliphatic rings. The lowest BCUT2D eigenvalue weighted by Gasteiger charge is -2.38. The molecule has 3 aliphatic heterocycles. The van der Waals surface area contributed by atoms with Gasteiger partial charge in [-0.25, -0.2) is 0 Å². The van der Waals surface area contributed by atoms with Gasteiger partial charge in [0, 0.05) is 42.5 Å². The van der Waals surface area contributed by atoms with Crippen molar-refractivity contribution in [2.45, 2.75) is 31.3 Å². The monoisotopic (exact) mass is 420 g/mol. The highest BCUT2D eigenvalue weighted by Crippen LogP contribution is 2.31. The number of aliphatic imine (C=N–C) groups is 1. The van der Waals surface area contributed by atoms with Gasteiger partial charge in [-0.2, -0.15) is 13.2 Å². The highest BCUT2D eigenvalue weighted by molar-refractivity contribution is 6.00. The van der Waals surface area contributed by atoms with Crippen LogP contribution in [-0.4, -0.2) is 48.9 Å². The summed E-state index contributed by atoms with van der Waals surface area (Å²) in [6, 6.07) is 9.80. The van der Waals surface area contributed by atoms with E-state index in [1.54, 1.807) is 0 Å². The minimum Gasteiger partial charge on any atom is -0.369 e. The molecule has 160 valence electrons. The number of hydrogen-bond acceptors (Lipinski definition) is 7. The van der Waals surface area contributed by atoms with Crippen molar-refractivity contribution < 1.29 is 13.2 Å². The number of amidine groups is 1. The van der Waals surface area contributed by atoms with E-state index in [1.165, 1.54) is 0 Å². The average Bonchev–Trinajstić information content (AvgIpc) is 3.25. The van der Waals surface area contributed by atoms with E-state index >= 15 is 0 Å². The maximum absolute atomic E-state index is 13.1. The fraction of sp³-hybridized carbons (Fsp3) is 0.450. The second-order valence-corrected chi connectivity index (χ2v) is 7.61. The van der Waals surface area contributed by atoms with E-state index < -0.39 is 12.3 Å². The molecule has 30 heavy (non-hydrogen) atoms. The number of nitrogens with zero attached hydrogens (tertiary/aromatic N) is 3. The molecule has 3 unspecified atom stereocenters. The van der Waals surface area contributed by atoms with E-state index in [2.05, 4.69) is 26.1 Å². The summed E-state index contributed by atoms with van der Waals surface area (Å²) in [6.07, 6.45) is -2.08. The Morgan fingerprint density at radius 2 is 2.00 bits per heavy atom. The molecule has 3 heterocycles. The number of likely N-dealkylation sites (tertiary alicyclic amines) is 1. The zero-order valence-corrected chi connectivity index (χ0v) is 16.2. The van der Waals surface area contributed by atoms with Crippen molar-refractivity contribution in [3.63, 3.8) is 0 Å². The van der Waals surface area contributed by atoms with Crippen LogP contribution in [0, 0.1) is 10.8 Å². The Morgan fingerprint density at radius 3 is 2.67 bits per heavy atom. The van der Waals surface area contributed by atoms with E-state index in [0.29, 0.717) is 13.0 Å². The maximum atomic E-state index is 13.1. The summed E-state index contributed by atoms with van der Waals surface area (Å²) in [4.78, 5) is 16.5. The number of halogens is 3. The summed E-state index contributed by atoms with van der Waals surface area (Å²) in [5, 5.41) is 12.1. The number of benzene rings is 1. The third kappa shape index (κ3) is 4.33. The fourth-order valence-corrected chi connectivity index (χ4v) is 4.08. The van der Waals surface area contributed by atoms with Crippen LogP contribution in [0.1, 0.15) is 18.4 Å². The van der Waals surface area contributed by atoms with Gasteiger partial charge in [0.15, 0.2) is 0 Å². The predicted molar refractivity (Wildman–Crippen MR) is 107 cm³/mol. The molecular weight excluding hydrogens is 397 g/mol. The molecule has 0 aliphatic carbocycles. The molecule has 0 aromatic heterocycles. The second kappa shape index (κ2) is 8.47. The molecular formula is C20H23F3N6O. The van der Waals surface area contributed by atoms with Crippen molar-refractivity contribution >= 4 is 5.84 Å². The topological polar surface area (TPSA) is 81.1 Å². The number of hydrogen-bond donors (Lipinski definition) is 3. The van der Waals surface area contributed by atoms with E-state index in [0.717, 1.165) is 34.0 Å². The van der Waals surface area contributed by atoms with Gasteiger partial charge in [-0.1, -0.05) is 30.3 Å². The Labute approximate surface area is 172 Å². The fourth-order valence-electron chi connectivity index (χ4n) is 4.08. The van der Waals surface area contributed by atoms with Gasteiger partial charge in [0.1, 0.15) is 12.0 Å². The second-order valence-electron chi connectivity index (χ2n) is 7.61. The molecule has 1 saturated heterocycles. The van der Waals surface area contributed by atoms with Crippen molar-refractivity contribution in [1.82, 2.24) is 20.9 Å². The zero-order chi connectivity index (χ0) is 21.1. The first-order chi connectivity index (χ1) is 14.5. The van der Waals surface area contributed by atoms with Gasteiger partial charge in [-0.05, 0) is 18.0 Å². The Morgan fingerprint density at radius 1 is 1.20 bits per heavy atom. The van der Waals surface area contributed by atoms with Crippen molar-refractivity contribution in [3.05, 3.63) is 64.5 Å². The third-order valence-corrected chi connectivity index (χ3v) is 5.60. The van der Waals surface area contributed by atoms with Crippen LogP contribution in [-0.2, 0) is 0 Å². The van der Waals surface area contributed by atoms with Gasteiger partial charge in [-0.15, -0.1) is 4.91 Å². The summed E-state index contributed by atoms with van der Waals surface area (Å²) in [6.45, 7) is 0.854. The quantitative estimate of drug-likeness (QED) is 0.638. The first kappa shape index (κ1) is 20.4. The summed E-state index contributed by atoms with van der Waals surface area (Å²) in [5.41, 5.74) is 2.82. The van der Waals surface area contributed by atoms with Crippen LogP contribution in [0.2, 0.25) is 0 Å². The van der Waals surface area contributed by atoms with Gasteiger partial charge >= 0.3 is 6.18 Å². The molecule has 3 atom stereocenters. The van der Waals surface area contributed by atoms with Gasteiger partial charge in [0.25, 0.3) is 0 Å². The van der Waals surface area contributed by atoms with Crippen LogP contribution >= 0.6 is 0 Å². The summed E-state index contributed by atoms with van der Waals surface area (Å²) >= 11 is 0. The van der Waals surface area contributed by atoms with E-state index in [4.69, 9.17) is 0 Å². The van der Waals surface area contributed by atoms with Crippen LogP contribution in [0.15, 0.2) is 64.2 Å². The van der Waals surface area contributed by atoms with E-state index in [-0.39, 0.29) is 25.2 Å². The number of rotatable bonds is 5. The molecule has 1 fully saturated rings. The largest absolute Gasteiger partial charge is 0.427 e. The Kier molecular flexibility index (Phi) is 5.76. The smallest absolute Gasteiger partial charge is 0.369 e. The Hall–Kier alpha value is -2.88. The first-order valence-electron chi connectivity index (χ1n) is 9.87. The normalized spacial score (nSPS) is 25.8. The summed E-state index contributed by atoms with van der Waals surface area (Å²) < 4.78 is 39.2. The van der Waals surface area contributed by atoms with Crippen LogP contribution < -0.4 is 16.0 Å². The van der Waals surface area contributed by atoms with Crippen molar-refractivity contribution in [2.75, 3.05) is 19.6 Å². The van der Waals surface area contributed by atoms with Gasteiger partial charge in [0.05, 0.1) is 12.2 Å². The highest BCUT2D eigenvalue weighted by Gasteiger charge is 2.47. The van der Waals surface area contributed by atoms with E-state index in [1.807, 2.05) is 42.7 Å². The van der Waals surface area contributed by atoms with Crippen molar-refractivity contribution in [2.24, 2.45) is 16.1 Å². The lowest BCUT2D eigenvalue weighted by atomic mass is 9.94. The lowest BCUT2D eigenvalue weighted by molar-refractivity contribution is -0.186. The number of nitroso groups, excluding NO2 is 1. The molecule has 0 spiro atoms. The Bertz CT molecular complexity index is 867. The molecule has 10 heteroatoms. The van der Waals surface area contributed by atoms with Gasteiger partial charge in [-0.3, -0.25) is 9.89 Å². The van der Waals surface area contributed by atoms with Gasteiger partial charge in [0.2, 0.25) is 6.17 Å². The van der Waals surface area contributed by atoms with Gasteiger partial charge < -0.3 is 16.0 Å². The molecule has 0 amide bonds. The minimum atomic E-state index is -4.66. The highest BCUT2D eigenvalue weighted by atomic mass is 19.4. The molecule has 1 aromatic rings. The molecule has 3 N–H and O–H groups in total. The molecule has 4 rings (SSSR count). The summed E-state index contributed by atoms with van der Waals surface area (Å²) in [7, 11) is 0. The molecule has 0 radical (unpaired) electrons. The standard InChI is InChI=1S/C20H23F3N6O/c21-20(22,23)19(28-30)29-8-4-7-14(12-29)18-26-11-16(27-18)15-9-24-17(25-10-15)13-5-2-1-3-6-13/h1-3,5-6,9,11,14,18-19,26-27H,4,7-8,10,12H2,(H,24,25). The zero-order valence-electron chi connectivity index (χ0n) is 16.2.